The van der Waals surface area contributed by atoms with E-state index in [9.17, 15) is 0 Å². The molecule has 1 fully saturated rings. The SMILES string of the molecule is CCNC(=NCCc1cnn(C)c1)N1CCC(COCc2ccccc2)C1.I. The minimum atomic E-state index is 0. The van der Waals surface area contributed by atoms with E-state index in [1.54, 1.807) is 0 Å². The number of ether oxygens (including phenoxy) is 1. The van der Waals surface area contributed by atoms with Crippen molar-refractivity contribution in [2.75, 3.05) is 32.8 Å². The number of benzene rings is 1. The van der Waals surface area contributed by atoms with Crippen LogP contribution in [-0.4, -0.2) is 53.4 Å². The fourth-order valence-electron chi connectivity index (χ4n) is 3.40. The fraction of sp³-hybridized carbons (Fsp3) is 0.524. The van der Waals surface area contributed by atoms with E-state index in [-0.39, 0.29) is 24.0 Å². The van der Waals surface area contributed by atoms with E-state index in [4.69, 9.17) is 9.73 Å². The third kappa shape index (κ3) is 7.09. The van der Waals surface area contributed by atoms with Crippen LogP contribution < -0.4 is 5.32 Å². The van der Waals surface area contributed by atoms with Crippen LogP contribution in [0.15, 0.2) is 47.7 Å². The Morgan fingerprint density at radius 3 is 2.82 bits per heavy atom. The molecule has 1 aliphatic heterocycles. The molecule has 0 saturated carbocycles. The number of aliphatic imine (C=N–C) groups is 1. The van der Waals surface area contributed by atoms with E-state index in [0.717, 1.165) is 51.6 Å². The summed E-state index contributed by atoms with van der Waals surface area (Å²) in [5, 5.41) is 7.65. The van der Waals surface area contributed by atoms with Crippen molar-refractivity contribution in [3.63, 3.8) is 0 Å². The van der Waals surface area contributed by atoms with Gasteiger partial charge in [0.1, 0.15) is 0 Å². The lowest BCUT2D eigenvalue weighted by atomic mass is 10.1. The summed E-state index contributed by atoms with van der Waals surface area (Å²) < 4.78 is 7.77. The normalized spacial score (nSPS) is 16.9. The summed E-state index contributed by atoms with van der Waals surface area (Å²) in [4.78, 5) is 7.18. The van der Waals surface area contributed by atoms with E-state index in [1.165, 1.54) is 11.1 Å². The Labute approximate surface area is 185 Å². The van der Waals surface area contributed by atoms with Crippen LogP contribution in [0.2, 0.25) is 0 Å². The van der Waals surface area contributed by atoms with Crippen molar-refractivity contribution >= 4 is 29.9 Å². The van der Waals surface area contributed by atoms with E-state index in [0.29, 0.717) is 12.5 Å². The van der Waals surface area contributed by atoms with Crippen LogP contribution in [-0.2, 0) is 24.8 Å². The van der Waals surface area contributed by atoms with Crippen LogP contribution in [0.4, 0.5) is 0 Å². The third-order valence-electron chi connectivity index (χ3n) is 4.81. The highest BCUT2D eigenvalue weighted by Crippen LogP contribution is 2.17. The van der Waals surface area contributed by atoms with Gasteiger partial charge in [-0.05, 0) is 30.9 Å². The maximum absolute atomic E-state index is 5.94. The lowest BCUT2D eigenvalue weighted by Gasteiger charge is -2.21. The van der Waals surface area contributed by atoms with Gasteiger partial charge in [0.05, 0.1) is 19.4 Å². The first-order valence-electron chi connectivity index (χ1n) is 9.87. The molecule has 2 aromatic rings. The van der Waals surface area contributed by atoms with Crippen LogP contribution in [0.1, 0.15) is 24.5 Å². The molecule has 1 aromatic heterocycles. The Hall–Kier alpha value is -1.61. The molecular formula is C21H32IN5O. The molecule has 0 radical (unpaired) electrons. The smallest absolute Gasteiger partial charge is 0.193 e. The highest BCUT2D eigenvalue weighted by molar-refractivity contribution is 14.0. The Balaban J connectivity index is 0.00000280. The Kier molecular flexibility index (Phi) is 9.77. The van der Waals surface area contributed by atoms with Gasteiger partial charge in [-0.1, -0.05) is 30.3 Å². The minimum absolute atomic E-state index is 0. The van der Waals surface area contributed by atoms with Crippen molar-refractivity contribution in [1.82, 2.24) is 20.0 Å². The molecule has 1 saturated heterocycles. The number of likely N-dealkylation sites (tertiary alicyclic amines) is 1. The molecule has 7 heteroatoms. The van der Waals surface area contributed by atoms with E-state index in [1.807, 2.05) is 24.0 Å². The van der Waals surface area contributed by atoms with Crippen molar-refractivity contribution in [2.24, 2.45) is 18.0 Å². The summed E-state index contributed by atoms with van der Waals surface area (Å²) in [6.45, 7) is 7.33. The summed E-state index contributed by atoms with van der Waals surface area (Å²) in [7, 11) is 1.95. The van der Waals surface area contributed by atoms with Crippen LogP contribution in [0, 0.1) is 5.92 Å². The van der Waals surface area contributed by atoms with Crippen molar-refractivity contribution in [3.05, 3.63) is 53.9 Å². The number of hydrogen-bond donors (Lipinski definition) is 1. The molecular weight excluding hydrogens is 465 g/mol. The van der Waals surface area contributed by atoms with Gasteiger partial charge in [0, 0.05) is 45.3 Å². The summed E-state index contributed by atoms with van der Waals surface area (Å²) in [5.41, 5.74) is 2.46. The molecule has 2 heterocycles. The molecule has 0 amide bonds. The predicted molar refractivity (Wildman–Crippen MR) is 124 cm³/mol. The van der Waals surface area contributed by atoms with E-state index >= 15 is 0 Å². The van der Waals surface area contributed by atoms with E-state index < -0.39 is 0 Å². The van der Waals surface area contributed by atoms with Gasteiger partial charge in [-0.15, -0.1) is 24.0 Å². The Bertz CT molecular complexity index is 719. The molecule has 0 bridgehead atoms. The zero-order chi connectivity index (χ0) is 18.9. The average molecular weight is 497 g/mol. The zero-order valence-electron chi connectivity index (χ0n) is 16.9. The van der Waals surface area contributed by atoms with Gasteiger partial charge >= 0.3 is 0 Å². The zero-order valence-corrected chi connectivity index (χ0v) is 19.2. The summed E-state index contributed by atoms with van der Waals surface area (Å²) in [6, 6.07) is 10.4. The maximum Gasteiger partial charge on any atom is 0.193 e. The molecule has 1 aliphatic rings. The van der Waals surface area contributed by atoms with Gasteiger partial charge < -0.3 is 15.0 Å². The average Bonchev–Trinajstić information content (AvgIpc) is 3.31. The second kappa shape index (κ2) is 12.1. The van der Waals surface area contributed by atoms with Gasteiger partial charge in [0.15, 0.2) is 5.96 Å². The largest absolute Gasteiger partial charge is 0.376 e. The molecule has 0 spiro atoms. The third-order valence-corrected chi connectivity index (χ3v) is 4.81. The lowest BCUT2D eigenvalue weighted by Crippen LogP contribution is -2.40. The number of nitrogens with one attached hydrogen (secondary N) is 1. The first kappa shape index (κ1) is 22.7. The maximum atomic E-state index is 5.94. The van der Waals surface area contributed by atoms with Gasteiger partial charge in [-0.3, -0.25) is 9.67 Å². The minimum Gasteiger partial charge on any atom is -0.376 e. The first-order chi connectivity index (χ1) is 13.2. The quantitative estimate of drug-likeness (QED) is 0.346. The second-order valence-corrected chi connectivity index (χ2v) is 7.11. The van der Waals surface area contributed by atoms with Crippen molar-refractivity contribution in [1.29, 1.82) is 0 Å². The predicted octanol–water partition coefficient (Wildman–Crippen LogP) is 3.08. The highest BCUT2D eigenvalue weighted by atomic mass is 127. The van der Waals surface area contributed by atoms with Crippen LogP contribution in [0.3, 0.4) is 0 Å². The van der Waals surface area contributed by atoms with Crippen molar-refractivity contribution in [3.8, 4) is 0 Å². The number of guanidine groups is 1. The van der Waals surface area contributed by atoms with Gasteiger partial charge in [0.25, 0.3) is 0 Å². The number of aromatic nitrogens is 2. The molecule has 0 aliphatic carbocycles. The second-order valence-electron chi connectivity index (χ2n) is 7.11. The van der Waals surface area contributed by atoms with Gasteiger partial charge in [0.2, 0.25) is 0 Å². The summed E-state index contributed by atoms with van der Waals surface area (Å²) in [5.74, 6) is 1.59. The van der Waals surface area contributed by atoms with Crippen molar-refractivity contribution in [2.45, 2.75) is 26.4 Å². The molecule has 1 atom stereocenters. The monoisotopic (exact) mass is 497 g/mol. The molecule has 154 valence electrons. The summed E-state index contributed by atoms with van der Waals surface area (Å²) in [6.07, 6.45) is 6.04. The molecule has 1 aromatic carbocycles. The molecule has 1 unspecified atom stereocenters. The van der Waals surface area contributed by atoms with Gasteiger partial charge in [-0.2, -0.15) is 5.10 Å². The molecule has 28 heavy (non-hydrogen) atoms. The van der Waals surface area contributed by atoms with Gasteiger partial charge in [-0.25, -0.2) is 0 Å². The number of aryl methyl sites for hydroxylation is 1. The molecule has 1 N–H and O–H groups in total. The number of nitrogens with zero attached hydrogens (tertiary/aromatic N) is 4. The van der Waals surface area contributed by atoms with E-state index in [2.05, 4.69) is 52.7 Å². The Morgan fingerprint density at radius 1 is 1.29 bits per heavy atom. The van der Waals surface area contributed by atoms with Crippen LogP contribution in [0.25, 0.3) is 0 Å². The molecule has 3 rings (SSSR count). The van der Waals surface area contributed by atoms with Crippen LogP contribution in [0.5, 0.6) is 0 Å². The lowest BCUT2D eigenvalue weighted by molar-refractivity contribution is 0.0907. The summed E-state index contributed by atoms with van der Waals surface area (Å²) >= 11 is 0. The Morgan fingerprint density at radius 2 is 2.11 bits per heavy atom. The number of rotatable bonds is 8. The number of hydrogen-bond acceptors (Lipinski definition) is 3. The number of halogens is 1. The first-order valence-corrected chi connectivity index (χ1v) is 9.87. The standard InChI is InChI=1S/C21H31N5O.HI/c1-3-22-21(23-11-9-19-13-24-25(2)14-19)26-12-10-20(15-26)17-27-16-18-7-5-4-6-8-18;/h4-8,13-14,20H,3,9-12,15-17H2,1-2H3,(H,22,23);1H. The molecule has 6 nitrogen and oxygen atoms in total. The highest BCUT2D eigenvalue weighted by Gasteiger charge is 2.24. The van der Waals surface area contributed by atoms with Crippen molar-refractivity contribution < 1.29 is 4.74 Å². The van der Waals surface area contributed by atoms with Crippen LogP contribution >= 0.6 is 24.0 Å². The fourth-order valence-corrected chi connectivity index (χ4v) is 3.40. The topological polar surface area (TPSA) is 54.7 Å².